The Morgan fingerprint density at radius 1 is 1.00 bits per heavy atom. The molecule has 0 atom stereocenters. The number of hydrogen-bond donors (Lipinski definition) is 0. The van der Waals surface area contributed by atoms with Gasteiger partial charge in [0.2, 0.25) is 0 Å². The van der Waals surface area contributed by atoms with Crippen LogP contribution in [-0.2, 0) is 0 Å². The van der Waals surface area contributed by atoms with E-state index < -0.39 is 0 Å². The molecule has 0 bridgehead atoms. The van der Waals surface area contributed by atoms with Crippen molar-refractivity contribution in [1.29, 1.82) is 0 Å². The van der Waals surface area contributed by atoms with E-state index in [0.717, 1.165) is 31.8 Å². The van der Waals surface area contributed by atoms with Crippen molar-refractivity contribution >= 4 is 48.8 Å². The first-order valence-corrected chi connectivity index (χ1v) is 8.94. The summed E-state index contributed by atoms with van der Waals surface area (Å²) in [6.07, 6.45) is 0. The third kappa shape index (κ3) is 1.87. The monoisotopic (exact) mass is 334 g/mol. The molecule has 0 saturated carbocycles. The molecule has 0 fully saturated rings. The molecule has 5 rings (SSSR count). The van der Waals surface area contributed by atoms with Crippen LogP contribution < -0.4 is 5.56 Å². The minimum Gasteiger partial charge on any atom is -0.268 e. The van der Waals surface area contributed by atoms with Crippen LogP contribution in [0.3, 0.4) is 0 Å². The third-order valence-corrected chi connectivity index (χ3v) is 5.70. The molecule has 0 aliphatic heterocycles. The first kappa shape index (κ1) is 13.0. The van der Waals surface area contributed by atoms with Crippen molar-refractivity contribution in [1.82, 2.24) is 9.38 Å². The normalized spacial score (nSPS) is 11.7. The number of thiazole rings is 1. The van der Waals surface area contributed by atoms with Gasteiger partial charge in [0, 0.05) is 0 Å². The van der Waals surface area contributed by atoms with Crippen LogP contribution in [-0.4, -0.2) is 9.38 Å². The molecule has 3 nitrogen and oxygen atoms in total. The fraction of sp³-hybridized carbons (Fsp3) is 0. The molecule has 3 heterocycles. The van der Waals surface area contributed by atoms with Gasteiger partial charge in [-0.15, -0.1) is 0 Å². The summed E-state index contributed by atoms with van der Waals surface area (Å²) in [5.41, 5.74) is 3.86. The van der Waals surface area contributed by atoms with Crippen molar-refractivity contribution in [3.05, 3.63) is 69.6 Å². The zero-order chi connectivity index (χ0) is 15.4. The molecule has 0 unspecified atom stereocenters. The Morgan fingerprint density at radius 2 is 1.91 bits per heavy atom. The molecule has 5 aromatic rings. The number of para-hydroxylation sites is 1. The number of nitrogens with zero attached hydrogens (tertiary/aromatic N) is 2. The van der Waals surface area contributed by atoms with Crippen LogP contribution in [0.25, 0.3) is 37.2 Å². The van der Waals surface area contributed by atoms with Gasteiger partial charge in [0.1, 0.15) is 0 Å². The molecule has 0 amide bonds. The number of rotatable bonds is 1. The average molecular weight is 334 g/mol. The maximum atomic E-state index is 13.0. The summed E-state index contributed by atoms with van der Waals surface area (Å²) < 4.78 is 2.80. The molecule has 110 valence electrons. The molecule has 3 aromatic heterocycles. The molecular formula is C18H10N2OS2. The van der Waals surface area contributed by atoms with Crippen LogP contribution in [0, 0.1) is 0 Å². The van der Waals surface area contributed by atoms with Crippen LogP contribution in [0.5, 0.6) is 0 Å². The van der Waals surface area contributed by atoms with Gasteiger partial charge in [0.15, 0.2) is 4.96 Å². The molecule has 5 heteroatoms. The van der Waals surface area contributed by atoms with Gasteiger partial charge in [-0.25, -0.2) is 4.98 Å². The zero-order valence-corrected chi connectivity index (χ0v) is 13.5. The lowest BCUT2D eigenvalue weighted by atomic mass is 10.1. The van der Waals surface area contributed by atoms with Crippen LogP contribution in [0.4, 0.5) is 0 Å². The Labute approximate surface area is 139 Å². The Hall–Kier alpha value is -2.50. The van der Waals surface area contributed by atoms with E-state index in [4.69, 9.17) is 0 Å². The molecule has 0 aliphatic rings. The minimum atomic E-state index is -0.000436. The van der Waals surface area contributed by atoms with Crippen molar-refractivity contribution in [3.63, 3.8) is 0 Å². The van der Waals surface area contributed by atoms with E-state index in [9.17, 15) is 4.79 Å². The summed E-state index contributed by atoms with van der Waals surface area (Å²) in [6, 6.07) is 15.9. The predicted octanol–water partition coefficient (Wildman–Crippen LogP) is 4.79. The highest BCUT2D eigenvalue weighted by Gasteiger charge is 2.12. The SMILES string of the molecule is O=c1c2cc(-c3ccsc3)ccc2nc2sc3ccccc3n12. The van der Waals surface area contributed by atoms with E-state index in [1.54, 1.807) is 27.1 Å². The Kier molecular flexibility index (Phi) is 2.68. The van der Waals surface area contributed by atoms with Crippen LogP contribution in [0.2, 0.25) is 0 Å². The maximum absolute atomic E-state index is 13.0. The summed E-state index contributed by atoms with van der Waals surface area (Å²) in [5.74, 6) is 0. The third-order valence-electron chi connectivity index (χ3n) is 4.00. The number of fused-ring (bicyclic) bond motifs is 4. The van der Waals surface area contributed by atoms with Crippen molar-refractivity contribution in [3.8, 4) is 11.1 Å². The number of aromatic nitrogens is 2. The second-order valence-electron chi connectivity index (χ2n) is 5.35. The second kappa shape index (κ2) is 4.75. The van der Waals surface area contributed by atoms with E-state index in [1.165, 1.54) is 0 Å². The molecule has 0 saturated heterocycles. The van der Waals surface area contributed by atoms with Crippen molar-refractivity contribution < 1.29 is 0 Å². The van der Waals surface area contributed by atoms with Gasteiger partial charge in [-0.3, -0.25) is 9.20 Å². The van der Waals surface area contributed by atoms with E-state index in [2.05, 4.69) is 16.4 Å². The first-order valence-electron chi connectivity index (χ1n) is 7.18. The Morgan fingerprint density at radius 3 is 2.78 bits per heavy atom. The van der Waals surface area contributed by atoms with Gasteiger partial charge in [-0.05, 0) is 52.2 Å². The largest absolute Gasteiger partial charge is 0.268 e. The highest BCUT2D eigenvalue weighted by Crippen LogP contribution is 2.27. The maximum Gasteiger partial charge on any atom is 0.266 e. The Bertz CT molecular complexity index is 1230. The van der Waals surface area contributed by atoms with Crippen molar-refractivity contribution in [2.24, 2.45) is 0 Å². The average Bonchev–Trinajstić information content (AvgIpc) is 3.22. The smallest absolute Gasteiger partial charge is 0.266 e. The van der Waals surface area contributed by atoms with Gasteiger partial charge in [0.05, 0.1) is 21.1 Å². The van der Waals surface area contributed by atoms with Gasteiger partial charge in [-0.2, -0.15) is 11.3 Å². The van der Waals surface area contributed by atoms with Gasteiger partial charge in [0.25, 0.3) is 5.56 Å². The van der Waals surface area contributed by atoms with Gasteiger partial charge in [-0.1, -0.05) is 29.5 Å². The molecule has 0 N–H and O–H groups in total. The zero-order valence-electron chi connectivity index (χ0n) is 11.9. The highest BCUT2D eigenvalue weighted by molar-refractivity contribution is 7.23. The second-order valence-corrected chi connectivity index (χ2v) is 7.14. The van der Waals surface area contributed by atoms with Gasteiger partial charge >= 0.3 is 0 Å². The van der Waals surface area contributed by atoms with Crippen LogP contribution >= 0.6 is 22.7 Å². The molecule has 23 heavy (non-hydrogen) atoms. The van der Waals surface area contributed by atoms with E-state index >= 15 is 0 Å². The Balaban J connectivity index is 1.93. The predicted molar refractivity (Wildman–Crippen MR) is 97.7 cm³/mol. The number of hydrogen-bond acceptors (Lipinski definition) is 4. The summed E-state index contributed by atoms with van der Waals surface area (Å²) in [7, 11) is 0. The topological polar surface area (TPSA) is 34.4 Å². The van der Waals surface area contributed by atoms with Crippen molar-refractivity contribution in [2.45, 2.75) is 0 Å². The molecule has 0 spiro atoms. The van der Waals surface area contributed by atoms with Crippen LogP contribution in [0.15, 0.2) is 64.1 Å². The molecular weight excluding hydrogens is 324 g/mol. The number of benzene rings is 2. The summed E-state index contributed by atoms with van der Waals surface area (Å²) in [6.45, 7) is 0. The first-order chi connectivity index (χ1) is 11.3. The molecule has 0 radical (unpaired) electrons. The quantitative estimate of drug-likeness (QED) is 0.442. The highest BCUT2D eigenvalue weighted by atomic mass is 32.1. The van der Waals surface area contributed by atoms with Crippen LogP contribution in [0.1, 0.15) is 0 Å². The fourth-order valence-corrected chi connectivity index (χ4v) is 4.57. The molecule has 0 aliphatic carbocycles. The van der Waals surface area contributed by atoms with Gasteiger partial charge < -0.3 is 0 Å². The lowest BCUT2D eigenvalue weighted by molar-refractivity contribution is 1.16. The standard InChI is InChI=1S/C18H10N2OS2/c21-17-13-9-11(12-7-8-22-10-12)5-6-14(13)19-18-20(17)15-3-1-2-4-16(15)23-18/h1-10H. The summed E-state index contributed by atoms with van der Waals surface area (Å²) >= 11 is 3.20. The van der Waals surface area contributed by atoms with E-state index in [-0.39, 0.29) is 5.56 Å². The van der Waals surface area contributed by atoms with Crippen molar-refractivity contribution in [2.75, 3.05) is 0 Å². The lowest BCUT2D eigenvalue weighted by Gasteiger charge is -2.02. The molecule has 2 aromatic carbocycles. The summed E-state index contributed by atoms with van der Waals surface area (Å²) in [4.78, 5) is 18.4. The number of thiophene rings is 1. The summed E-state index contributed by atoms with van der Waals surface area (Å²) in [5, 5.41) is 4.79. The van der Waals surface area contributed by atoms with E-state index in [1.807, 2.05) is 47.8 Å². The minimum absolute atomic E-state index is 0.000436. The van der Waals surface area contributed by atoms with E-state index in [0.29, 0.717) is 5.39 Å². The fourth-order valence-electron chi connectivity index (χ4n) is 2.88. The lowest BCUT2D eigenvalue weighted by Crippen LogP contribution is -2.13.